The molecule has 1 aromatic heterocycles. The quantitative estimate of drug-likeness (QED) is 0.727. The molecular formula is C15H17NO2S. The van der Waals surface area contributed by atoms with Gasteiger partial charge in [-0.1, -0.05) is 30.3 Å². The molecule has 0 N–H and O–H groups in total. The largest absolute Gasteiger partial charge is 0.385 e. The number of thiazole rings is 1. The Bertz CT molecular complexity index is 522. The van der Waals surface area contributed by atoms with E-state index in [1.54, 1.807) is 18.4 Å². The van der Waals surface area contributed by atoms with Gasteiger partial charge in [-0.3, -0.25) is 4.79 Å². The zero-order valence-electron chi connectivity index (χ0n) is 11.0. The van der Waals surface area contributed by atoms with E-state index in [1.807, 2.05) is 35.7 Å². The van der Waals surface area contributed by atoms with Crippen LogP contribution in [0.5, 0.6) is 0 Å². The van der Waals surface area contributed by atoms with Crippen LogP contribution in [0.3, 0.4) is 0 Å². The van der Waals surface area contributed by atoms with Crippen molar-refractivity contribution in [2.24, 2.45) is 0 Å². The van der Waals surface area contributed by atoms with Gasteiger partial charge in [-0.2, -0.15) is 0 Å². The van der Waals surface area contributed by atoms with E-state index in [0.717, 1.165) is 22.7 Å². The Balaban J connectivity index is 1.93. The normalized spacial score (nSPS) is 10.6. The summed E-state index contributed by atoms with van der Waals surface area (Å²) < 4.78 is 4.94. The van der Waals surface area contributed by atoms with Crippen LogP contribution in [0.25, 0.3) is 11.3 Å². The fraction of sp³-hybridized carbons (Fsp3) is 0.333. The molecule has 0 saturated carbocycles. The number of ether oxygens (including phenoxy) is 1. The van der Waals surface area contributed by atoms with Crippen LogP contribution < -0.4 is 0 Å². The minimum atomic E-state index is 0.228. The fourth-order valence-corrected chi connectivity index (χ4v) is 2.64. The van der Waals surface area contributed by atoms with Gasteiger partial charge in [0.2, 0.25) is 0 Å². The molecule has 3 nitrogen and oxygen atoms in total. The minimum absolute atomic E-state index is 0.228. The molecule has 0 amide bonds. The second-order valence-electron chi connectivity index (χ2n) is 4.30. The molecule has 4 heteroatoms. The molecule has 100 valence electrons. The van der Waals surface area contributed by atoms with Crippen molar-refractivity contribution in [3.63, 3.8) is 0 Å². The summed E-state index contributed by atoms with van der Waals surface area (Å²) in [5.41, 5.74) is 2.04. The lowest BCUT2D eigenvalue weighted by molar-refractivity contribution is -0.118. The zero-order chi connectivity index (χ0) is 13.5. The van der Waals surface area contributed by atoms with Crippen molar-refractivity contribution < 1.29 is 9.53 Å². The van der Waals surface area contributed by atoms with Crippen LogP contribution in [0.1, 0.15) is 17.8 Å². The third-order valence-electron chi connectivity index (χ3n) is 2.77. The summed E-state index contributed by atoms with van der Waals surface area (Å²) in [4.78, 5) is 16.3. The molecule has 0 saturated heterocycles. The third kappa shape index (κ3) is 4.26. The summed E-state index contributed by atoms with van der Waals surface area (Å²) in [5, 5.41) is 2.90. The van der Waals surface area contributed by atoms with Gasteiger partial charge in [0, 0.05) is 31.1 Å². The maximum Gasteiger partial charge on any atom is 0.139 e. The average molecular weight is 275 g/mol. The maximum atomic E-state index is 11.7. The number of nitrogens with zero attached hydrogens (tertiary/aromatic N) is 1. The number of ketones is 1. The van der Waals surface area contributed by atoms with Gasteiger partial charge < -0.3 is 4.74 Å². The molecule has 0 bridgehead atoms. The number of hydrogen-bond acceptors (Lipinski definition) is 4. The second kappa shape index (κ2) is 7.16. The molecule has 0 atom stereocenters. The smallest absolute Gasteiger partial charge is 0.139 e. The predicted molar refractivity (Wildman–Crippen MR) is 77.4 cm³/mol. The number of carbonyl (C=O) groups is 1. The van der Waals surface area contributed by atoms with Gasteiger partial charge in [0.1, 0.15) is 10.8 Å². The summed E-state index contributed by atoms with van der Waals surface area (Å²) in [6.45, 7) is 0.638. The predicted octanol–water partition coefficient (Wildman–Crippen LogP) is 3.35. The van der Waals surface area contributed by atoms with E-state index in [0.29, 0.717) is 19.4 Å². The summed E-state index contributed by atoms with van der Waals surface area (Å²) >= 11 is 1.55. The topological polar surface area (TPSA) is 39.2 Å². The highest BCUT2D eigenvalue weighted by Crippen LogP contribution is 2.22. The summed E-state index contributed by atoms with van der Waals surface area (Å²) in [6.07, 6.45) is 1.78. The van der Waals surface area contributed by atoms with Crippen LogP contribution in [-0.2, 0) is 16.0 Å². The number of benzene rings is 1. The molecule has 0 spiro atoms. The molecule has 0 fully saturated rings. The second-order valence-corrected chi connectivity index (χ2v) is 5.25. The minimum Gasteiger partial charge on any atom is -0.385 e. The standard InChI is InChI=1S/C15H17NO2S/c1-18-9-5-8-13(17)10-15-16-14(11-19-15)12-6-3-2-4-7-12/h2-4,6-7,11H,5,8-10H2,1H3. The first-order valence-corrected chi connectivity index (χ1v) is 7.18. The molecule has 1 heterocycles. The van der Waals surface area contributed by atoms with Crippen molar-refractivity contribution in [3.8, 4) is 11.3 Å². The van der Waals surface area contributed by atoms with E-state index in [-0.39, 0.29) is 5.78 Å². The number of carbonyl (C=O) groups excluding carboxylic acids is 1. The number of Topliss-reactive ketones (excluding diaryl/α,β-unsaturated/α-hetero) is 1. The van der Waals surface area contributed by atoms with Crippen LogP contribution >= 0.6 is 11.3 Å². The van der Waals surface area contributed by atoms with Gasteiger partial charge in [-0.05, 0) is 6.42 Å². The molecule has 0 aliphatic rings. The summed E-state index contributed by atoms with van der Waals surface area (Å²) in [6, 6.07) is 10.0. The first kappa shape index (κ1) is 13.9. The molecule has 2 aromatic rings. The Morgan fingerprint density at radius 3 is 2.84 bits per heavy atom. The van der Waals surface area contributed by atoms with Crippen molar-refractivity contribution in [2.45, 2.75) is 19.3 Å². The van der Waals surface area contributed by atoms with Crippen LogP contribution in [0.4, 0.5) is 0 Å². The molecule has 19 heavy (non-hydrogen) atoms. The van der Waals surface area contributed by atoms with Crippen LogP contribution in [0.2, 0.25) is 0 Å². The summed E-state index contributed by atoms with van der Waals surface area (Å²) in [7, 11) is 1.65. The lowest BCUT2D eigenvalue weighted by atomic mass is 10.1. The van der Waals surface area contributed by atoms with E-state index in [4.69, 9.17) is 4.74 Å². The number of rotatable bonds is 7. The van der Waals surface area contributed by atoms with Gasteiger partial charge >= 0.3 is 0 Å². The molecule has 2 rings (SSSR count). The Kier molecular flexibility index (Phi) is 5.24. The van der Waals surface area contributed by atoms with Gasteiger partial charge in [0.15, 0.2) is 0 Å². The zero-order valence-corrected chi connectivity index (χ0v) is 11.8. The molecule has 0 aliphatic carbocycles. The first-order valence-electron chi connectivity index (χ1n) is 6.30. The number of aromatic nitrogens is 1. The van der Waals surface area contributed by atoms with Crippen LogP contribution in [0.15, 0.2) is 35.7 Å². The van der Waals surface area contributed by atoms with Gasteiger partial charge in [0.05, 0.1) is 12.1 Å². The van der Waals surface area contributed by atoms with E-state index in [2.05, 4.69) is 4.98 Å². The van der Waals surface area contributed by atoms with Crippen LogP contribution in [-0.4, -0.2) is 24.5 Å². The first-order chi connectivity index (χ1) is 9.29. The Morgan fingerprint density at radius 1 is 1.32 bits per heavy atom. The fourth-order valence-electron chi connectivity index (χ4n) is 1.80. The van der Waals surface area contributed by atoms with E-state index in [1.165, 1.54) is 0 Å². The number of methoxy groups -OCH3 is 1. The lowest BCUT2D eigenvalue weighted by Crippen LogP contribution is -2.04. The lowest BCUT2D eigenvalue weighted by Gasteiger charge is -1.98. The van der Waals surface area contributed by atoms with Gasteiger partial charge in [-0.15, -0.1) is 11.3 Å². The van der Waals surface area contributed by atoms with Crippen molar-refractivity contribution >= 4 is 17.1 Å². The highest BCUT2D eigenvalue weighted by Gasteiger charge is 2.08. The number of hydrogen-bond donors (Lipinski definition) is 0. The van der Waals surface area contributed by atoms with Gasteiger partial charge in [0.25, 0.3) is 0 Å². The van der Waals surface area contributed by atoms with E-state index in [9.17, 15) is 4.79 Å². The third-order valence-corrected chi connectivity index (χ3v) is 3.62. The molecule has 0 radical (unpaired) electrons. The Morgan fingerprint density at radius 2 is 2.11 bits per heavy atom. The molecule has 0 aliphatic heterocycles. The Labute approximate surface area is 117 Å². The van der Waals surface area contributed by atoms with Crippen molar-refractivity contribution in [1.82, 2.24) is 4.98 Å². The monoisotopic (exact) mass is 275 g/mol. The highest BCUT2D eigenvalue weighted by molar-refractivity contribution is 7.10. The van der Waals surface area contributed by atoms with Crippen LogP contribution in [0, 0.1) is 0 Å². The van der Waals surface area contributed by atoms with Crippen molar-refractivity contribution in [3.05, 3.63) is 40.7 Å². The maximum absolute atomic E-state index is 11.7. The molecule has 0 unspecified atom stereocenters. The SMILES string of the molecule is COCCCC(=O)Cc1nc(-c2ccccc2)cs1. The van der Waals surface area contributed by atoms with E-state index < -0.39 is 0 Å². The summed E-state index contributed by atoms with van der Waals surface area (Å²) in [5.74, 6) is 0.228. The van der Waals surface area contributed by atoms with Gasteiger partial charge in [-0.25, -0.2) is 4.98 Å². The highest BCUT2D eigenvalue weighted by atomic mass is 32.1. The Hall–Kier alpha value is -1.52. The van der Waals surface area contributed by atoms with E-state index >= 15 is 0 Å². The van der Waals surface area contributed by atoms with Crippen molar-refractivity contribution in [1.29, 1.82) is 0 Å². The molecule has 1 aromatic carbocycles. The average Bonchev–Trinajstić information content (AvgIpc) is 2.88. The molecular weight excluding hydrogens is 258 g/mol. The van der Waals surface area contributed by atoms with Crippen molar-refractivity contribution in [2.75, 3.05) is 13.7 Å².